The Hall–Kier alpha value is -2.66. The van der Waals surface area contributed by atoms with Gasteiger partial charge < -0.3 is 39.6 Å². The van der Waals surface area contributed by atoms with Crippen LogP contribution in [0.3, 0.4) is 0 Å². The molecule has 0 amide bonds. The van der Waals surface area contributed by atoms with Crippen molar-refractivity contribution in [3.63, 3.8) is 0 Å². The smallest absolute Gasteiger partial charge is 0.342 e. The number of fused-ring (bicyclic) bond motifs is 1. The summed E-state index contributed by atoms with van der Waals surface area (Å²) in [4.78, 5) is 26.4. The lowest BCUT2D eigenvalue weighted by Gasteiger charge is -2.37. The highest BCUT2D eigenvalue weighted by Crippen LogP contribution is 2.27. The number of rotatable bonds is 4. The number of aliphatic hydroxyl groups is 3. The maximum Gasteiger partial charge on any atom is 0.342 e. The fourth-order valence-electron chi connectivity index (χ4n) is 2.71. The Bertz CT molecular complexity index is 832. The van der Waals surface area contributed by atoms with Crippen LogP contribution in [-0.4, -0.2) is 75.2 Å². The molecule has 1 aliphatic rings. The number of carbonyl (C=O) groups excluding carboxylic acids is 1. The zero-order valence-corrected chi connectivity index (χ0v) is 13.5. The Morgan fingerprint density at radius 1 is 1.15 bits per heavy atom. The van der Waals surface area contributed by atoms with Crippen LogP contribution in [-0.2, 0) is 14.3 Å². The van der Waals surface area contributed by atoms with Crippen LogP contribution in [0.1, 0.15) is 10.4 Å². The molecule has 140 valence electrons. The number of carboxylic acid groups (broad SMARTS) is 1. The first-order chi connectivity index (χ1) is 12.3. The average Bonchev–Trinajstić information content (AvgIpc) is 3.04. The largest absolute Gasteiger partial charge is 0.497 e. The number of aromatic nitrogens is 1. The maximum atomic E-state index is 12.4. The van der Waals surface area contributed by atoms with Crippen LogP contribution in [0.25, 0.3) is 10.9 Å². The van der Waals surface area contributed by atoms with Gasteiger partial charge in [-0.05, 0) is 18.2 Å². The third kappa shape index (κ3) is 3.10. The van der Waals surface area contributed by atoms with Crippen LogP contribution in [0.2, 0.25) is 0 Å². The van der Waals surface area contributed by atoms with Crippen molar-refractivity contribution in [3.8, 4) is 5.75 Å². The van der Waals surface area contributed by atoms with Gasteiger partial charge in [-0.2, -0.15) is 0 Å². The van der Waals surface area contributed by atoms with Gasteiger partial charge in [0.05, 0.1) is 12.7 Å². The molecule has 3 rings (SSSR count). The van der Waals surface area contributed by atoms with E-state index >= 15 is 0 Å². The number of aliphatic carboxylic acids is 1. The molecule has 0 unspecified atom stereocenters. The summed E-state index contributed by atoms with van der Waals surface area (Å²) in [7, 11) is 1.47. The third-order valence-corrected chi connectivity index (χ3v) is 4.15. The number of aromatic amines is 1. The summed E-state index contributed by atoms with van der Waals surface area (Å²) in [5, 5.41) is 38.8. The van der Waals surface area contributed by atoms with Crippen LogP contribution < -0.4 is 4.74 Å². The molecule has 1 aliphatic heterocycles. The summed E-state index contributed by atoms with van der Waals surface area (Å²) in [6.45, 7) is 0. The number of aliphatic hydroxyl groups excluding tert-OH is 3. The topological polar surface area (TPSA) is 159 Å². The number of methoxy groups -OCH3 is 1. The van der Waals surface area contributed by atoms with Gasteiger partial charge in [-0.25, -0.2) is 9.59 Å². The zero-order chi connectivity index (χ0) is 19.0. The maximum absolute atomic E-state index is 12.4. The second-order valence-corrected chi connectivity index (χ2v) is 5.75. The predicted molar refractivity (Wildman–Crippen MR) is 84.6 cm³/mol. The van der Waals surface area contributed by atoms with Crippen molar-refractivity contribution in [3.05, 3.63) is 30.0 Å². The predicted octanol–water partition coefficient (Wildman–Crippen LogP) is -0.774. The second kappa shape index (κ2) is 6.92. The molecule has 1 aromatic heterocycles. The van der Waals surface area contributed by atoms with Gasteiger partial charge in [-0.3, -0.25) is 0 Å². The minimum Gasteiger partial charge on any atom is -0.497 e. The number of carbonyl (C=O) groups is 2. The van der Waals surface area contributed by atoms with Gasteiger partial charge >= 0.3 is 11.9 Å². The average molecular weight is 367 g/mol. The van der Waals surface area contributed by atoms with Crippen molar-refractivity contribution in [2.75, 3.05) is 7.11 Å². The summed E-state index contributed by atoms with van der Waals surface area (Å²) in [5.74, 6) is -1.98. The lowest BCUT2D eigenvalue weighted by molar-refractivity contribution is -0.278. The second-order valence-electron chi connectivity index (χ2n) is 5.75. The number of benzene rings is 1. The van der Waals surface area contributed by atoms with Crippen molar-refractivity contribution in [1.29, 1.82) is 0 Å². The van der Waals surface area contributed by atoms with Crippen molar-refractivity contribution in [2.45, 2.75) is 30.7 Å². The molecule has 0 bridgehead atoms. The fraction of sp³-hybridized carbons (Fsp3) is 0.375. The van der Waals surface area contributed by atoms with Gasteiger partial charge in [-0.15, -0.1) is 0 Å². The molecule has 10 nitrogen and oxygen atoms in total. The Balaban J connectivity index is 1.84. The normalized spacial score (nSPS) is 28.7. The summed E-state index contributed by atoms with van der Waals surface area (Å²) in [5.41, 5.74) is 0.726. The number of ether oxygens (including phenoxy) is 3. The van der Waals surface area contributed by atoms with Crippen molar-refractivity contribution in [1.82, 2.24) is 4.98 Å². The van der Waals surface area contributed by atoms with E-state index < -0.39 is 42.6 Å². The quantitative estimate of drug-likeness (QED) is 0.437. The van der Waals surface area contributed by atoms with E-state index in [4.69, 9.17) is 19.3 Å². The highest BCUT2D eigenvalue weighted by molar-refractivity contribution is 6.04. The Morgan fingerprint density at radius 3 is 2.54 bits per heavy atom. The van der Waals surface area contributed by atoms with Crippen molar-refractivity contribution >= 4 is 22.8 Å². The van der Waals surface area contributed by atoms with Gasteiger partial charge in [0, 0.05) is 17.1 Å². The van der Waals surface area contributed by atoms with Gasteiger partial charge in [-0.1, -0.05) is 0 Å². The van der Waals surface area contributed by atoms with Crippen LogP contribution in [0.4, 0.5) is 0 Å². The Kier molecular flexibility index (Phi) is 4.83. The molecule has 5 N–H and O–H groups in total. The first-order valence-corrected chi connectivity index (χ1v) is 7.62. The molecule has 2 aromatic rings. The highest BCUT2D eigenvalue weighted by Gasteiger charge is 2.48. The molecule has 1 aromatic carbocycles. The standard InChI is InChI=1S/C16H17NO9/c1-24-6-2-3-9-7(4-6)8(5-17-9)15(23)26-16-12(20)10(18)11(19)13(25-16)14(21)22/h2-5,10-13,16-20H,1H3,(H,21,22)/t10-,11-,12+,13-,16-/m0/s1. The third-order valence-electron chi connectivity index (χ3n) is 4.15. The summed E-state index contributed by atoms with van der Waals surface area (Å²) < 4.78 is 15.1. The van der Waals surface area contributed by atoms with Gasteiger partial charge in [0.15, 0.2) is 6.10 Å². The molecule has 0 radical (unpaired) electrons. The molecule has 2 heterocycles. The van der Waals surface area contributed by atoms with Crippen molar-refractivity contribution < 1.29 is 44.2 Å². The van der Waals surface area contributed by atoms with Crippen LogP contribution in [0, 0.1) is 0 Å². The van der Waals surface area contributed by atoms with Crippen LogP contribution in [0.15, 0.2) is 24.4 Å². The number of hydrogen-bond donors (Lipinski definition) is 5. The first kappa shape index (κ1) is 18.1. The minimum absolute atomic E-state index is 0.0992. The molecule has 26 heavy (non-hydrogen) atoms. The highest BCUT2D eigenvalue weighted by atomic mass is 16.7. The summed E-state index contributed by atoms with van der Waals surface area (Å²) >= 11 is 0. The van der Waals surface area contributed by atoms with E-state index in [0.29, 0.717) is 16.7 Å². The van der Waals surface area contributed by atoms with Crippen LogP contribution in [0.5, 0.6) is 5.75 Å². The van der Waals surface area contributed by atoms with E-state index in [2.05, 4.69) is 4.98 Å². The van der Waals surface area contributed by atoms with Gasteiger partial charge in [0.25, 0.3) is 0 Å². The SMILES string of the molecule is COc1ccc2[nH]cc(C(=O)O[C@@H]3O[C@H](C(=O)O)[C@@H](O)[C@H](O)[C@H]3O)c2c1. The van der Waals surface area contributed by atoms with E-state index in [1.807, 2.05) is 0 Å². The van der Waals surface area contributed by atoms with Crippen LogP contribution >= 0.6 is 0 Å². The molecule has 5 atom stereocenters. The Morgan fingerprint density at radius 2 is 1.88 bits per heavy atom. The number of esters is 1. The molecule has 1 fully saturated rings. The van der Waals surface area contributed by atoms with Gasteiger partial charge in [0.2, 0.25) is 6.29 Å². The number of H-pyrrole nitrogens is 1. The first-order valence-electron chi connectivity index (χ1n) is 7.62. The fourth-order valence-corrected chi connectivity index (χ4v) is 2.71. The number of nitrogens with one attached hydrogen (secondary N) is 1. The zero-order valence-electron chi connectivity index (χ0n) is 13.5. The monoisotopic (exact) mass is 367 g/mol. The number of hydrogen-bond acceptors (Lipinski definition) is 8. The van der Waals surface area contributed by atoms with Gasteiger partial charge in [0.1, 0.15) is 24.1 Å². The molecule has 0 spiro atoms. The molecule has 0 aliphatic carbocycles. The lowest BCUT2D eigenvalue weighted by atomic mass is 9.99. The van der Waals surface area contributed by atoms with E-state index in [9.17, 15) is 24.9 Å². The van der Waals surface area contributed by atoms with E-state index in [1.54, 1.807) is 18.2 Å². The molecular formula is C16H17NO9. The van der Waals surface area contributed by atoms with E-state index in [1.165, 1.54) is 13.3 Å². The van der Waals surface area contributed by atoms with Crippen molar-refractivity contribution in [2.24, 2.45) is 0 Å². The Labute approximate surface area is 146 Å². The minimum atomic E-state index is -1.87. The molecule has 10 heteroatoms. The molecule has 1 saturated heterocycles. The summed E-state index contributed by atoms with van der Waals surface area (Å²) in [6, 6.07) is 4.98. The molecular weight excluding hydrogens is 350 g/mol. The number of carboxylic acids is 1. The van der Waals surface area contributed by atoms with E-state index in [-0.39, 0.29) is 5.56 Å². The summed E-state index contributed by atoms with van der Waals surface area (Å²) in [6.07, 6.45) is -7.78. The lowest BCUT2D eigenvalue weighted by Crippen LogP contribution is -2.60. The molecule has 0 saturated carbocycles. The van der Waals surface area contributed by atoms with E-state index in [0.717, 1.165) is 0 Å².